The van der Waals surface area contributed by atoms with Gasteiger partial charge in [0.1, 0.15) is 11.2 Å². The number of rotatable bonds is 4. The van der Waals surface area contributed by atoms with E-state index in [1.54, 1.807) is 0 Å². The molecular formula is C47H29NO. The smallest absolute Gasteiger partial charge is 0.143 e. The molecule has 0 atom stereocenters. The zero-order chi connectivity index (χ0) is 32.3. The molecule has 2 aromatic heterocycles. The van der Waals surface area contributed by atoms with Gasteiger partial charge in [-0.25, -0.2) is 4.98 Å². The fraction of sp³-hybridized carbons (Fsp3) is 0. The third kappa shape index (κ3) is 4.61. The molecule has 10 aromatic rings. The summed E-state index contributed by atoms with van der Waals surface area (Å²) in [6, 6.07) is 62.7. The molecule has 49 heavy (non-hydrogen) atoms. The maximum atomic E-state index is 6.63. The summed E-state index contributed by atoms with van der Waals surface area (Å²) >= 11 is 0. The van der Waals surface area contributed by atoms with Gasteiger partial charge < -0.3 is 4.42 Å². The fourth-order valence-corrected chi connectivity index (χ4v) is 7.43. The molecule has 0 amide bonds. The Balaban J connectivity index is 1.21. The average Bonchev–Trinajstić information content (AvgIpc) is 3.57. The van der Waals surface area contributed by atoms with Crippen LogP contribution in [0.15, 0.2) is 180 Å². The molecule has 0 aliphatic carbocycles. The number of aromatic nitrogens is 1. The van der Waals surface area contributed by atoms with E-state index < -0.39 is 0 Å². The summed E-state index contributed by atoms with van der Waals surface area (Å²) in [4.78, 5) is 5.41. The zero-order valence-electron chi connectivity index (χ0n) is 26.6. The first kappa shape index (κ1) is 27.6. The number of furan rings is 1. The molecule has 0 unspecified atom stereocenters. The summed E-state index contributed by atoms with van der Waals surface area (Å²) in [6.45, 7) is 0. The lowest BCUT2D eigenvalue weighted by atomic mass is 9.95. The summed E-state index contributed by atoms with van der Waals surface area (Å²) in [5.74, 6) is 0. The normalized spacial score (nSPS) is 11.7. The molecule has 0 radical (unpaired) electrons. The van der Waals surface area contributed by atoms with Crippen molar-refractivity contribution in [2.45, 2.75) is 0 Å². The van der Waals surface area contributed by atoms with Crippen molar-refractivity contribution >= 4 is 54.3 Å². The number of pyridine rings is 1. The highest BCUT2D eigenvalue weighted by molar-refractivity contribution is 6.15. The van der Waals surface area contributed by atoms with Gasteiger partial charge in [0.15, 0.2) is 0 Å². The second kappa shape index (κ2) is 11.0. The third-order valence-electron chi connectivity index (χ3n) is 9.83. The van der Waals surface area contributed by atoms with E-state index in [2.05, 4.69) is 170 Å². The highest BCUT2D eigenvalue weighted by Gasteiger charge is 2.18. The molecular weight excluding hydrogens is 595 g/mol. The topological polar surface area (TPSA) is 26.0 Å². The van der Waals surface area contributed by atoms with Gasteiger partial charge in [-0.2, -0.15) is 0 Å². The van der Waals surface area contributed by atoms with Crippen LogP contribution in [-0.2, 0) is 0 Å². The highest BCUT2D eigenvalue weighted by atomic mass is 16.3. The maximum Gasteiger partial charge on any atom is 0.143 e. The number of para-hydroxylation sites is 1. The van der Waals surface area contributed by atoms with Crippen LogP contribution in [0, 0.1) is 0 Å². The summed E-state index contributed by atoms with van der Waals surface area (Å²) in [5, 5.41) is 9.57. The van der Waals surface area contributed by atoms with Gasteiger partial charge in [-0.3, -0.25) is 0 Å². The second-order valence-electron chi connectivity index (χ2n) is 12.7. The fourth-order valence-electron chi connectivity index (χ4n) is 7.43. The van der Waals surface area contributed by atoms with Gasteiger partial charge in [0.05, 0.1) is 11.4 Å². The Labute approximate surface area is 283 Å². The molecule has 0 aliphatic rings. The van der Waals surface area contributed by atoms with E-state index in [1.165, 1.54) is 32.3 Å². The molecule has 0 saturated heterocycles. The summed E-state index contributed by atoms with van der Waals surface area (Å²) < 4.78 is 6.63. The van der Waals surface area contributed by atoms with E-state index in [1.807, 2.05) is 6.07 Å². The van der Waals surface area contributed by atoms with Crippen LogP contribution in [-0.4, -0.2) is 4.98 Å². The minimum absolute atomic E-state index is 0.855. The predicted molar refractivity (Wildman–Crippen MR) is 206 cm³/mol. The van der Waals surface area contributed by atoms with Gasteiger partial charge in [0.25, 0.3) is 0 Å². The van der Waals surface area contributed by atoms with Crippen LogP contribution in [0.25, 0.3) is 99.0 Å². The van der Waals surface area contributed by atoms with Crippen molar-refractivity contribution in [1.82, 2.24) is 4.98 Å². The first-order valence-electron chi connectivity index (χ1n) is 16.7. The monoisotopic (exact) mass is 623 g/mol. The number of hydrogen-bond acceptors (Lipinski definition) is 2. The summed E-state index contributed by atoms with van der Waals surface area (Å²) in [5.41, 5.74) is 10.2. The molecule has 2 heteroatoms. The Morgan fingerprint density at radius 3 is 1.92 bits per heavy atom. The SMILES string of the molecule is c1ccc(-c2cccc3c2oc2cccc(-c4cc(-c5ccc6ccccc6c5)cc(-c5ccc6c(ccc7ccccc76)c5)n4)c23)cc1. The number of hydrogen-bond donors (Lipinski definition) is 0. The van der Waals surface area contributed by atoms with Crippen LogP contribution in [0.5, 0.6) is 0 Å². The largest absolute Gasteiger partial charge is 0.455 e. The van der Waals surface area contributed by atoms with Crippen molar-refractivity contribution in [3.05, 3.63) is 176 Å². The lowest BCUT2D eigenvalue weighted by Gasteiger charge is -2.13. The van der Waals surface area contributed by atoms with Crippen LogP contribution >= 0.6 is 0 Å². The molecule has 8 aromatic carbocycles. The Hall–Kier alpha value is -6.51. The van der Waals surface area contributed by atoms with Gasteiger partial charge in [-0.1, -0.05) is 146 Å². The zero-order valence-corrected chi connectivity index (χ0v) is 26.6. The van der Waals surface area contributed by atoms with Crippen LogP contribution < -0.4 is 0 Å². The Morgan fingerprint density at radius 2 is 1.00 bits per heavy atom. The number of nitrogens with zero attached hydrogens (tertiary/aromatic N) is 1. The minimum atomic E-state index is 0.855. The van der Waals surface area contributed by atoms with Crippen molar-refractivity contribution in [3.8, 4) is 44.8 Å². The molecule has 0 aliphatic heterocycles. The van der Waals surface area contributed by atoms with Crippen LogP contribution in [0.2, 0.25) is 0 Å². The summed E-state index contributed by atoms with van der Waals surface area (Å²) in [7, 11) is 0. The van der Waals surface area contributed by atoms with E-state index in [0.717, 1.165) is 66.7 Å². The molecule has 10 rings (SSSR count). The second-order valence-corrected chi connectivity index (χ2v) is 12.7. The quantitative estimate of drug-likeness (QED) is 0.182. The van der Waals surface area contributed by atoms with E-state index in [-0.39, 0.29) is 0 Å². The van der Waals surface area contributed by atoms with Crippen molar-refractivity contribution in [2.75, 3.05) is 0 Å². The highest BCUT2D eigenvalue weighted by Crippen LogP contribution is 2.42. The number of fused-ring (bicyclic) bond motifs is 7. The molecule has 0 N–H and O–H groups in total. The average molecular weight is 624 g/mol. The molecule has 0 bridgehead atoms. The van der Waals surface area contributed by atoms with Gasteiger partial charge in [0.2, 0.25) is 0 Å². The van der Waals surface area contributed by atoms with Crippen molar-refractivity contribution in [3.63, 3.8) is 0 Å². The first-order valence-corrected chi connectivity index (χ1v) is 16.7. The predicted octanol–water partition coefficient (Wildman–Crippen LogP) is 13.1. The Bertz CT molecular complexity index is 2880. The lowest BCUT2D eigenvalue weighted by molar-refractivity contribution is 0.670. The van der Waals surface area contributed by atoms with Crippen molar-refractivity contribution in [1.29, 1.82) is 0 Å². The molecule has 228 valence electrons. The molecule has 0 spiro atoms. The van der Waals surface area contributed by atoms with Gasteiger partial charge in [-0.05, 0) is 79.3 Å². The van der Waals surface area contributed by atoms with E-state index in [4.69, 9.17) is 9.40 Å². The van der Waals surface area contributed by atoms with Crippen molar-refractivity contribution < 1.29 is 4.42 Å². The number of benzene rings is 8. The minimum Gasteiger partial charge on any atom is -0.455 e. The molecule has 0 saturated carbocycles. The summed E-state index contributed by atoms with van der Waals surface area (Å²) in [6.07, 6.45) is 0. The molecule has 2 heterocycles. The van der Waals surface area contributed by atoms with E-state index in [9.17, 15) is 0 Å². The third-order valence-corrected chi connectivity index (χ3v) is 9.83. The Morgan fingerprint density at radius 1 is 0.347 bits per heavy atom. The first-order chi connectivity index (χ1) is 24.3. The Kier molecular flexibility index (Phi) is 6.22. The van der Waals surface area contributed by atoms with Crippen molar-refractivity contribution in [2.24, 2.45) is 0 Å². The van der Waals surface area contributed by atoms with Gasteiger partial charge >= 0.3 is 0 Å². The van der Waals surface area contributed by atoms with Crippen LogP contribution in [0.1, 0.15) is 0 Å². The van der Waals surface area contributed by atoms with Gasteiger partial charge in [0, 0.05) is 27.5 Å². The molecule has 0 fully saturated rings. The van der Waals surface area contributed by atoms with E-state index >= 15 is 0 Å². The van der Waals surface area contributed by atoms with Crippen LogP contribution in [0.3, 0.4) is 0 Å². The van der Waals surface area contributed by atoms with Gasteiger partial charge in [-0.15, -0.1) is 0 Å². The van der Waals surface area contributed by atoms with Crippen LogP contribution in [0.4, 0.5) is 0 Å². The standard InChI is InChI=1S/C47H29NO/c1-2-11-31(12-3-1)40-16-8-18-42-46-41(17-9-19-45(46)49-47(40)42)44-29-37(34-22-20-30-10-4-5-14-33(30)26-34)28-43(48-44)36-24-25-39-35(27-36)23-21-32-13-6-7-15-38(32)39/h1-29H. The van der Waals surface area contributed by atoms with E-state index in [0.29, 0.717) is 0 Å². The maximum absolute atomic E-state index is 6.63. The molecule has 2 nitrogen and oxygen atoms in total. The lowest BCUT2D eigenvalue weighted by Crippen LogP contribution is -1.92.